The van der Waals surface area contributed by atoms with Crippen molar-refractivity contribution in [3.8, 4) is 0 Å². The molecule has 0 spiro atoms. The van der Waals surface area contributed by atoms with Crippen molar-refractivity contribution in [1.29, 1.82) is 0 Å². The number of fused-ring (bicyclic) bond motifs is 2. The van der Waals surface area contributed by atoms with Crippen LogP contribution in [0, 0.1) is 5.92 Å². The van der Waals surface area contributed by atoms with Crippen LogP contribution < -0.4 is 0 Å². The molecule has 1 fully saturated rings. The number of aromatic nitrogens is 1. The Labute approximate surface area is 165 Å². The van der Waals surface area contributed by atoms with Gasteiger partial charge in [-0.3, -0.25) is 9.69 Å². The molecular formula is C23H28N2O3. The van der Waals surface area contributed by atoms with Crippen LogP contribution in [0.5, 0.6) is 0 Å². The standard InChI is InChI=1S/C23H28N2O3/c1-24-13-16-9-21-23(27-3,19-5-4-6-20(24)22(16)19)11-15(12-25(21)2)14-28-18-8-7-17(26)10-18/h4-6,10,13,15,21H,7-9,11-12,14H2,1-3H3/t15?,21-,23?/m1/s1. The molecule has 5 rings (SSSR count). The van der Waals surface area contributed by atoms with Crippen LogP contribution in [0.1, 0.15) is 30.4 Å². The first-order valence-electron chi connectivity index (χ1n) is 10.2. The van der Waals surface area contributed by atoms with Crippen molar-refractivity contribution in [1.82, 2.24) is 9.47 Å². The van der Waals surface area contributed by atoms with Gasteiger partial charge in [0.05, 0.1) is 12.4 Å². The summed E-state index contributed by atoms with van der Waals surface area (Å²) in [7, 11) is 6.19. The molecule has 0 bridgehead atoms. The van der Waals surface area contributed by atoms with Crippen molar-refractivity contribution in [2.24, 2.45) is 13.0 Å². The lowest BCUT2D eigenvalue weighted by molar-refractivity contribution is -0.131. The number of hydrogen-bond acceptors (Lipinski definition) is 4. The predicted molar refractivity (Wildman–Crippen MR) is 108 cm³/mol. The quantitative estimate of drug-likeness (QED) is 0.817. The molecule has 0 saturated carbocycles. The second kappa shape index (κ2) is 6.46. The minimum absolute atomic E-state index is 0.180. The summed E-state index contributed by atoms with van der Waals surface area (Å²) in [4.78, 5) is 13.9. The van der Waals surface area contributed by atoms with Gasteiger partial charge in [-0.15, -0.1) is 0 Å². The minimum Gasteiger partial charge on any atom is -0.497 e. The Kier molecular flexibility index (Phi) is 4.14. The molecule has 0 amide bonds. The maximum absolute atomic E-state index is 11.5. The van der Waals surface area contributed by atoms with Crippen LogP contribution >= 0.6 is 0 Å². The number of methoxy groups -OCH3 is 1. The molecule has 3 aliphatic rings. The van der Waals surface area contributed by atoms with Gasteiger partial charge in [0.2, 0.25) is 0 Å². The van der Waals surface area contributed by atoms with Gasteiger partial charge in [-0.05, 0) is 37.1 Å². The lowest BCUT2D eigenvalue weighted by Gasteiger charge is -2.53. The number of benzene rings is 1. The maximum Gasteiger partial charge on any atom is 0.159 e. The number of rotatable bonds is 4. The minimum atomic E-state index is -0.325. The summed E-state index contributed by atoms with van der Waals surface area (Å²) in [6, 6.07) is 6.92. The molecule has 5 heteroatoms. The second-order valence-corrected chi connectivity index (χ2v) is 8.68. The van der Waals surface area contributed by atoms with Gasteiger partial charge in [0.15, 0.2) is 5.78 Å². The molecule has 1 aromatic carbocycles. The van der Waals surface area contributed by atoms with Crippen LogP contribution in [-0.2, 0) is 33.3 Å². The van der Waals surface area contributed by atoms with Crippen LogP contribution in [-0.4, -0.2) is 48.6 Å². The summed E-state index contributed by atoms with van der Waals surface area (Å²) in [5, 5.41) is 1.36. The molecule has 1 aromatic heterocycles. The topological polar surface area (TPSA) is 43.7 Å². The van der Waals surface area contributed by atoms with Crippen molar-refractivity contribution in [3.05, 3.63) is 47.4 Å². The first-order valence-corrected chi connectivity index (χ1v) is 10.2. The summed E-state index contributed by atoms with van der Waals surface area (Å²) >= 11 is 0. The molecule has 5 nitrogen and oxygen atoms in total. The number of carbonyl (C=O) groups excluding carboxylic acids is 1. The largest absolute Gasteiger partial charge is 0.497 e. The summed E-state index contributed by atoms with van der Waals surface area (Å²) in [6.07, 6.45) is 7.22. The fourth-order valence-corrected chi connectivity index (χ4v) is 5.74. The molecule has 2 aromatic rings. The molecule has 2 aliphatic carbocycles. The zero-order valence-corrected chi connectivity index (χ0v) is 16.9. The van der Waals surface area contributed by atoms with E-state index in [4.69, 9.17) is 9.47 Å². The highest BCUT2D eigenvalue weighted by atomic mass is 16.5. The lowest BCUT2D eigenvalue weighted by Crippen LogP contribution is -2.59. The van der Waals surface area contributed by atoms with Crippen LogP contribution in [0.4, 0.5) is 0 Å². The van der Waals surface area contributed by atoms with Crippen molar-refractivity contribution >= 4 is 16.7 Å². The fraction of sp³-hybridized carbons (Fsp3) is 0.522. The molecule has 1 aliphatic heterocycles. The number of carbonyl (C=O) groups is 1. The number of aryl methyl sites for hydroxylation is 1. The SMILES string of the molecule is COC12CC(COC3=CC(=O)CC3)CN(C)[C@@H]1Cc1cn(C)c3cccc2c13. The van der Waals surface area contributed by atoms with Crippen molar-refractivity contribution in [3.63, 3.8) is 0 Å². The third-order valence-corrected chi connectivity index (χ3v) is 6.98. The van der Waals surface area contributed by atoms with E-state index in [0.29, 0.717) is 25.0 Å². The Balaban J connectivity index is 1.50. The summed E-state index contributed by atoms with van der Waals surface area (Å²) in [5.41, 5.74) is 3.68. The van der Waals surface area contributed by atoms with Gasteiger partial charge in [-0.2, -0.15) is 0 Å². The van der Waals surface area contributed by atoms with Gasteiger partial charge in [-0.1, -0.05) is 12.1 Å². The molecule has 2 heterocycles. The van der Waals surface area contributed by atoms with E-state index in [0.717, 1.165) is 31.6 Å². The van der Waals surface area contributed by atoms with Gasteiger partial charge < -0.3 is 14.0 Å². The average molecular weight is 380 g/mol. The number of allylic oxidation sites excluding steroid dienone is 2. The van der Waals surface area contributed by atoms with Crippen LogP contribution in [0.2, 0.25) is 0 Å². The number of ketones is 1. The van der Waals surface area contributed by atoms with E-state index in [1.54, 1.807) is 6.08 Å². The maximum atomic E-state index is 11.5. The molecule has 0 N–H and O–H groups in total. The van der Waals surface area contributed by atoms with Gasteiger partial charge in [-0.25, -0.2) is 0 Å². The van der Waals surface area contributed by atoms with E-state index in [1.165, 1.54) is 22.0 Å². The molecule has 3 atom stereocenters. The van der Waals surface area contributed by atoms with E-state index in [1.807, 2.05) is 7.11 Å². The highest BCUT2D eigenvalue weighted by molar-refractivity contribution is 5.92. The number of likely N-dealkylation sites (tertiary alicyclic amines) is 1. The average Bonchev–Trinajstić information content (AvgIpc) is 3.25. The van der Waals surface area contributed by atoms with Crippen molar-refractivity contribution < 1.29 is 14.3 Å². The number of likely N-dealkylation sites (N-methyl/N-ethyl adjacent to an activating group) is 1. The van der Waals surface area contributed by atoms with Crippen LogP contribution in [0.15, 0.2) is 36.2 Å². The highest BCUT2D eigenvalue weighted by Gasteiger charge is 2.51. The van der Waals surface area contributed by atoms with Gasteiger partial charge in [0, 0.05) is 68.7 Å². The summed E-state index contributed by atoms with van der Waals surface area (Å²) in [6.45, 7) is 1.62. The Bertz CT molecular complexity index is 976. The van der Waals surface area contributed by atoms with Crippen LogP contribution in [0.25, 0.3) is 10.9 Å². The van der Waals surface area contributed by atoms with E-state index >= 15 is 0 Å². The molecular weight excluding hydrogens is 352 g/mol. The van der Waals surface area contributed by atoms with E-state index in [2.05, 4.69) is 48.0 Å². The Morgan fingerprint density at radius 3 is 2.86 bits per heavy atom. The lowest BCUT2D eigenvalue weighted by atomic mass is 9.69. The number of piperidine rings is 1. The van der Waals surface area contributed by atoms with Crippen molar-refractivity contribution in [2.75, 3.05) is 27.3 Å². The zero-order chi connectivity index (χ0) is 19.5. The first kappa shape index (κ1) is 18.0. The molecule has 0 radical (unpaired) electrons. The van der Waals surface area contributed by atoms with Gasteiger partial charge in [0.25, 0.3) is 0 Å². The van der Waals surface area contributed by atoms with Gasteiger partial charge in [0.1, 0.15) is 5.60 Å². The second-order valence-electron chi connectivity index (χ2n) is 8.68. The first-order chi connectivity index (χ1) is 13.5. The highest BCUT2D eigenvalue weighted by Crippen LogP contribution is 2.49. The monoisotopic (exact) mass is 380 g/mol. The third kappa shape index (κ3) is 2.56. The summed E-state index contributed by atoms with van der Waals surface area (Å²) < 4.78 is 14.6. The number of nitrogens with zero attached hydrogens (tertiary/aromatic N) is 2. The molecule has 28 heavy (non-hydrogen) atoms. The Morgan fingerprint density at radius 1 is 1.25 bits per heavy atom. The predicted octanol–water partition coefficient (Wildman–Crippen LogP) is 3.16. The Hall–Kier alpha value is -2.11. The van der Waals surface area contributed by atoms with E-state index < -0.39 is 0 Å². The fourth-order valence-electron chi connectivity index (χ4n) is 5.74. The molecule has 2 unspecified atom stereocenters. The Morgan fingerprint density at radius 2 is 2.11 bits per heavy atom. The smallest absolute Gasteiger partial charge is 0.159 e. The van der Waals surface area contributed by atoms with E-state index in [9.17, 15) is 4.79 Å². The van der Waals surface area contributed by atoms with E-state index in [-0.39, 0.29) is 11.4 Å². The third-order valence-electron chi connectivity index (χ3n) is 6.98. The molecule has 1 saturated heterocycles. The normalized spacial score (nSPS) is 29.8. The van der Waals surface area contributed by atoms with Crippen LogP contribution in [0.3, 0.4) is 0 Å². The van der Waals surface area contributed by atoms with Gasteiger partial charge >= 0.3 is 0 Å². The molecule has 148 valence electrons. The number of ether oxygens (including phenoxy) is 2. The van der Waals surface area contributed by atoms with Crippen molar-refractivity contribution in [2.45, 2.75) is 37.3 Å². The summed E-state index contributed by atoms with van der Waals surface area (Å²) in [5.74, 6) is 1.38. The number of hydrogen-bond donors (Lipinski definition) is 0. The zero-order valence-electron chi connectivity index (χ0n) is 16.9.